The standard InChI is InChI=1S/C18H33N5O2S.HI/c1-2-19-17(20-14-18(25)5-12-26-15-18)23-10-8-21(9-11-23)13-16(24)22-6-3-4-7-22;/h25H,2-15H2,1H3,(H,19,20);1H. The first-order valence-electron chi connectivity index (χ1n) is 9.93. The van der Waals surface area contributed by atoms with Crippen molar-refractivity contribution in [3.05, 3.63) is 0 Å². The number of rotatable bonds is 5. The van der Waals surface area contributed by atoms with Crippen molar-refractivity contribution in [1.29, 1.82) is 0 Å². The van der Waals surface area contributed by atoms with E-state index < -0.39 is 5.60 Å². The van der Waals surface area contributed by atoms with Gasteiger partial charge in [0.25, 0.3) is 0 Å². The Morgan fingerprint density at radius 2 is 1.85 bits per heavy atom. The number of carbonyl (C=O) groups is 1. The van der Waals surface area contributed by atoms with E-state index in [1.165, 1.54) is 0 Å². The molecule has 0 radical (unpaired) electrons. The van der Waals surface area contributed by atoms with E-state index in [1.807, 2.05) is 4.90 Å². The van der Waals surface area contributed by atoms with E-state index in [-0.39, 0.29) is 29.9 Å². The molecule has 0 aromatic carbocycles. The molecule has 1 unspecified atom stereocenters. The minimum atomic E-state index is -0.644. The first kappa shape index (κ1) is 23.0. The molecule has 0 saturated carbocycles. The molecule has 3 saturated heterocycles. The smallest absolute Gasteiger partial charge is 0.236 e. The Morgan fingerprint density at radius 1 is 1.15 bits per heavy atom. The number of hydrogen-bond donors (Lipinski definition) is 2. The number of guanidine groups is 1. The maximum atomic E-state index is 12.3. The lowest BCUT2D eigenvalue weighted by molar-refractivity contribution is -0.131. The van der Waals surface area contributed by atoms with Crippen molar-refractivity contribution in [2.45, 2.75) is 31.8 Å². The fraction of sp³-hybridized carbons (Fsp3) is 0.889. The summed E-state index contributed by atoms with van der Waals surface area (Å²) in [7, 11) is 0. The molecule has 0 spiro atoms. The maximum absolute atomic E-state index is 12.3. The van der Waals surface area contributed by atoms with Crippen LogP contribution in [0.4, 0.5) is 0 Å². The van der Waals surface area contributed by atoms with Gasteiger partial charge in [0.05, 0.1) is 18.7 Å². The molecule has 156 valence electrons. The second-order valence-electron chi connectivity index (χ2n) is 7.55. The first-order chi connectivity index (χ1) is 12.6. The van der Waals surface area contributed by atoms with Crippen LogP contribution in [0.25, 0.3) is 0 Å². The van der Waals surface area contributed by atoms with Gasteiger partial charge in [-0.3, -0.25) is 14.7 Å². The number of nitrogens with one attached hydrogen (secondary N) is 1. The highest BCUT2D eigenvalue weighted by Crippen LogP contribution is 2.28. The summed E-state index contributed by atoms with van der Waals surface area (Å²) in [6.07, 6.45) is 3.12. The second kappa shape index (κ2) is 11.1. The summed E-state index contributed by atoms with van der Waals surface area (Å²) in [6, 6.07) is 0. The van der Waals surface area contributed by atoms with E-state index in [9.17, 15) is 9.90 Å². The minimum Gasteiger partial charge on any atom is -0.387 e. The third kappa shape index (κ3) is 6.64. The number of amides is 1. The largest absolute Gasteiger partial charge is 0.387 e. The van der Waals surface area contributed by atoms with Crippen LogP contribution >= 0.6 is 35.7 Å². The van der Waals surface area contributed by atoms with Gasteiger partial charge in [0.15, 0.2) is 5.96 Å². The predicted octanol–water partition coefficient (Wildman–Crippen LogP) is 0.678. The number of halogens is 1. The molecule has 0 aromatic rings. The zero-order valence-electron chi connectivity index (χ0n) is 16.4. The van der Waals surface area contributed by atoms with Gasteiger partial charge in [-0.05, 0) is 31.9 Å². The lowest BCUT2D eigenvalue weighted by Crippen LogP contribution is -2.54. The van der Waals surface area contributed by atoms with Crippen molar-refractivity contribution in [3.63, 3.8) is 0 Å². The number of piperazine rings is 1. The van der Waals surface area contributed by atoms with E-state index >= 15 is 0 Å². The van der Waals surface area contributed by atoms with E-state index in [4.69, 9.17) is 4.99 Å². The Hall–Kier alpha value is -0.260. The van der Waals surface area contributed by atoms with Crippen LogP contribution in [-0.2, 0) is 4.79 Å². The highest BCUT2D eigenvalue weighted by molar-refractivity contribution is 14.0. The Morgan fingerprint density at radius 3 is 2.44 bits per heavy atom. The van der Waals surface area contributed by atoms with Gasteiger partial charge in [-0.25, -0.2) is 0 Å². The summed E-state index contributed by atoms with van der Waals surface area (Å²) in [5.41, 5.74) is -0.644. The van der Waals surface area contributed by atoms with Gasteiger partial charge in [0.1, 0.15) is 0 Å². The van der Waals surface area contributed by atoms with Gasteiger partial charge in [-0.2, -0.15) is 11.8 Å². The van der Waals surface area contributed by atoms with Crippen LogP contribution in [0.15, 0.2) is 4.99 Å². The molecule has 3 aliphatic heterocycles. The van der Waals surface area contributed by atoms with Crippen LogP contribution < -0.4 is 5.32 Å². The average molecular weight is 511 g/mol. The van der Waals surface area contributed by atoms with Gasteiger partial charge >= 0.3 is 0 Å². The molecule has 7 nitrogen and oxygen atoms in total. The number of aliphatic hydroxyl groups is 1. The fourth-order valence-electron chi connectivity index (χ4n) is 3.74. The van der Waals surface area contributed by atoms with Crippen molar-refractivity contribution >= 4 is 47.6 Å². The Kier molecular flexibility index (Phi) is 9.43. The number of carbonyl (C=O) groups excluding carboxylic acids is 1. The van der Waals surface area contributed by atoms with Crippen LogP contribution in [-0.4, -0.2) is 108 Å². The summed E-state index contributed by atoms with van der Waals surface area (Å²) in [6.45, 7) is 9.25. The second-order valence-corrected chi connectivity index (χ2v) is 8.65. The minimum absolute atomic E-state index is 0. The quantitative estimate of drug-likeness (QED) is 0.322. The van der Waals surface area contributed by atoms with Crippen LogP contribution in [0.1, 0.15) is 26.2 Å². The number of thioether (sulfide) groups is 1. The lowest BCUT2D eigenvalue weighted by Gasteiger charge is -2.37. The number of nitrogens with zero attached hydrogens (tertiary/aromatic N) is 4. The molecule has 3 rings (SSSR count). The van der Waals surface area contributed by atoms with Gasteiger partial charge < -0.3 is 20.2 Å². The number of aliphatic imine (C=N–C) groups is 1. The molecule has 27 heavy (non-hydrogen) atoms. The molecular weight excluding hydrogens is 477 g/mol. The van der Waals surface area contributed by atoms with E-state index in [0.717, 1.165) is 82.5 Å². The zero-order valence-corrected chi connectivity index (χ0v) is 19.5. The summed E-state index contributed by atoms with van der Waals surface area (Å²) in [5, 5.41) is 13.9. The first-order valence-corrected chi connectivity index (χ1v) is 11.1. The Labute approximate surface area is 184 Å². The van der Waals surface area contributed by atoms with E-state index in [2.05, 4.69) is 22.0 Å². The average Bonchev–Trinajstić information content (AvgIpc) is 3.32. The van der Waals surface area contributed by atoms with Crippen LogP contribution in [0.2, 0.25) is 0 Å². The molecule has 2 N–H and O–H groups in total. The normalized spacial score (nSPS) is 27.0. The Balaban J connectivity index is 0.00000261. The number of hydrogen-bond acceptors (Lipinski definition) is 5. The Bertz CT molecular complexity index is 502. The number of likely N-dealkylation sites (tertiary alicyclic amines) is 1. The van der Waals surface area contributed by atoms with E-state index in [1.54, 1.807) is 11.8 Å². The summed E-state index contributed by atoms with van der Waals surface area (Å²) < 4.78 is 0. The monoisotopic (exact) mass is 511 g/mol. The third-order valence-electron chi connectivity index (χ3n) is 5.43. The van der Waals surface area contributed by atoms with Crippen molar-refractivity contribution in [2.24, 2.45) is 4.99 Å². The van der Waals surface area contributed by atoms with Gasteiger partial charge in [-0.15, -0.1) is 24.0 Å². The summed E-state index contributed by atoms with van der Waals surface area (Å²) in [4.78, 5) is 23.5. The predicted molar refractivity (Wildman–Crippen MR) is 122 cm³/mol. The third-order valence-corrected chi connectivity index (χ3v) is 6.66. The zero-order chi connectivity index (χ0) is 18.4. The molecule has 0 bridgehead atoms. The molecule has 9 heteroatoms. The molecule has 1 atom stereocenters. The van der Waals surface area contributed by atoms with Gasteiger partial charge in [0.2, 0.25) is 5.91 Å². The summed E-state index contributed by atoms with van der Waals surface area (Å²) >= 11 is 1.80. The maximum Gasteiger partial charge on any atom is 0.236 e. The van der Waals surface area contributed by atoms with Crippen LogP contribution in [0.3, 0.4) is 0 Å². The molecule has 0 aliphatic carbocycles. The van der Waals surface area contributed by atoms with Gasteiger partial charge in [-0.1, -0.05) is 0 Å². The van der Waals surface area contributed by atoms with Crippen LogP contribution in [0, 0.1) is 0 Å². The topological polar surface area (TPSA) is 71.4 Å². The van der Waals surface area contributed by atoms with Gasteiger partial charge in [0, 0.05) is 51.6 Å². The van der Waals surface area contributed by atoms with Crippen molar-refractivity contribution in [2.75, 3.05) is 70.4 Å². The summed E-state index contributed by atoms with van der Waals surface area (Å²) in [5.74, 6) is 2.97. The molecule has 1 amide bonds. The molecule has 3 aliphatic rings. The highest BCUT2D eigenvalue weighted by atomic mass is 127. The molecule has 3 fully saturated rings. The fourth-order valence-corrected chi connectivity index (χ4v) is 5.03. The van der Waals surface area contributed by atoms with Crippen molar-refractivity contribution in [1.82, 2.24) is 20.0 Å². The van der Waals surface area contributed by atoms with E-state index in [0.29, 0.717) is 13.1 Å². The van der Waals surface area contributed by atoms with Crippen molar-refractivity contribution in [3.8, 4) is 0 Å². The molecular formula is C18H34IN5O2S. The molecule has 3 heterocycles. The lowest BCUT2D eigenvalue weighted by atomic mass is 10.0. The van der Waals surface area contributed by atoms with Crippen LogP contribution in [0.5, 0.6) is 0 Å². The molecule has 0 aromatic heterocycles. The van der Waals surface area contributed by atoms with Crippen molar-refractivity contribution < 1.29 is 9.90 Å². The SMILES string of the molecule is CCNC(=NCC1(O)CCSC1)N1CCN(CC(=O)N2CCCC2)CC1.I. The highest BCUT2D eigenvalue weighted by Gasteiger charge is 2.32.